The number of nitrogens with zero attached hydrogens (tertiary/aromatic N) is 4. The van der Waals surface area contributed by atoms with Gasteiger partial charge in [0.2, 0.25) is 0 Å². The van der Waals surface area contributed by atoms with E-state index in [0.717, 1.165) is 0 Å². The highest BCUT2D eigenvalue weighted by molar-refractivity contribution is 6.00. The van der Waals surface area contributed by atoms with Gasteiger partial charge in [-0.1, -0.05) is 0 Å². The van der Waals surface area contributed by atoms with Crippen molar-refractivity contribution in [3.8, 4) is 11.4 Å². The fourth-order valence-corrected chi connectivity index (χ4v) is 1.76. The molecule has 0 unspecified atom stereocenters. The van der Waals surface area contributed by atoms with Crippen LogP contribution in [0, 0.1) is 0 Å². The van der Waals surface area contributed by atoms with Crippen LogP contribution in [0.25, 0.3) is 11.4 Å². The molecule has 0 aromatic carbocycles. The van der Waals surface area contributed by atoms with Gasteiger partial charge in [0, 0.05) is 19.9 Å². The van der Waals surface area contributed by atoms with Crippen LogP contribution in [-0.2, 0) is 6.42 Å². The second kappa shape index (κ2) is 5.43. The first-order chi connectivity index (χ1) is 9.40. The summed E-state index contributed by atoms with van der Waals surface area (Å²) in [7, 11) is 1.51. The van der Waals surface area contributed by atoms with Gasteiger partial charge in [0.25, 0.3) is 0 Å². The van der Waals surface area contributed by atoms with Crippen molar-refractivity contribution in [2.45, 2.75) is 25.4 Å². The van der Waals surface area contributed by atoms with E-state index in [1.807, 2.05) is 0 Å². The first kappa shape index (κ1) is 14.2. The second-order valence-electron chi connectivity index (χ2n) is 4.22. The van der Waals surface area contributed by atoms with Crippen LogP contribution in [0.5, 0.6) is 0 Å². The lowest BCUT2D eigenvalue weighted by Crippen LogP contribution is -2.18. The molecule has 2 aliphatic rings. The number of amidine groups is 1. The number of H-pyrrole nitrogens is 1. The van der Waals surface area contributed by atoms with Crippen LogP contribution in [0.15, 0.2) is 11.2 Å². The Hall–Kier alpha value is -2.19. The largest absolute Gasteiger partial charge is 0.389 e. The summed E-state index contributed by atoms with van der Waals surface area (Å²) in [6.07, 6.45) is -3.47. The normalized spacial score (nSPS) is 13.1. The highest BCUT2D eigenvalue weighted by Crippen LogP contribution is 2.24. The molecule has 108 valence electrons. The first-order valence-electron chi connectivity index (χ1n) is 5.90. The fourth-order valence-electron chi connectivity index (χ4n) is 1.76. The summed E-state index contributed by atoms with van der Waals surface area (Å²) >= 11 is 0. The summed E-state index contributed by atoms with van der Waals surface area (Å²) in [5, 5.41) is 7.56. The Morgan fingerprint density at radius 2 is 2.20 bits per heavy atom. The number of aromatic amines is 1. The van der Waals surface area contributed by atoms with Crippen LogP contribution in [0.2, 0.25) is 0 Å². The molecule has 2 heterocycles. The Kier molecular flexibility index (Phi) is 3.86. The summed E-state index contributed by atoms with van der Waals surface area (Å²) in [6, 6.07) is 0. The Morgan fingerprint density at radius 1 is 1.45 bits per heavy atom. The van der Waals surface area contributed by atoms with Gasteiger partial charge in [-0.15, -0.1) is 5.10 Å². The van der Waals surface area contributed by atoms with Crippen molar-refractivity contribution in [1.82, 2.24) is 20.2 Å². The van der Waals surface area contributed by atoms with Crippen molar-refractivity contribution < 1.29 is 13.2 Å². The average molecular weight is 286 g/mol. The minimum absolute atomic E-state index is 0.0603. The highest BCUT2D eigenvalue weighted by atomic mass is 19.4. The predicted molar refractivity (Wildman–Crippen MR) is 66.4 cm³/mol. The van der Waals surface area contributed by atoms with Crippen molar-refractivity contribution in [2.24, 2.45) is 10.7 Å². The number of aryl methyl sites for hydroxylation is 1. The quantitative estimate of drug-likeness (QED) is 0.658. The van der Waals surface area contributed by atoms with Crippen LogP contribution in [0.3, 0.4) is 0 Å². The van der Waals surface area contributed by atoms with E-state index in [4.69, 9.17) is 5.73 Å². The smallest absolute Gasteiger partial charge is 0.382 e. The molecule has 20 heavy (non-hydrogen) atoms. The molecule has 2 aliphatic heterocycles. The molecule has 2 rings (SSSR count). The molecule has 0 saturated heterocycles. The van der Waals surface area contributed by atoms with Gasteiger partial charge in [-0.2, -0.15) is 18.3 Å². The summed E-state index contributed by atoms with van der Waals surface area (Å²) < 4.78 is 36.4. The zero-order valence-electron chi connectivity index (χ0n) is 10.7. The van der Waals surface area contributed by atoms with Crippen molar-refractivity contribution >= 4 is 5.84 Å². The lowest BCUT2D eigenvalue weighted by molar-refractivity contribution is -0.135. The van der Waals surface area contributed by atoms with E-state index in [1.165, 1.54) is 13.2 Å². The molecule has 0 aromatic rings. The number of nitrogens with two attached hydrogens (primary N) is 1. The van der Waals surface area contributed by atoms with E-state index < -0.39 is 12.6 Å². The minimum atomic E-state index is -4.17. The third kappa shape index (κ3) is 3.22. The maximum Gasteiger partial charge on any atom is 0.389 e. The third-order valence-corrected chi connectivity index (χ3v) is 2.72. The van der Waals surface area contributed by atoms with Gasteiger partial charge < -0.3 is 10.7 Å². The molecule has 0 atom stereocenters. The average Bonchev–Trinajstić information content (AvgIpc) is 2.83. The summed E-state index contributed by atoms with van der Waals surface area (Å²) in [4.78, 5) is 10.9. The van der Waals surface area contributed by atoms with E-state index in [1.54, 1.807) is 0 Å². The van der Waals surface area contributed by atoms with Gasteiger partial charge in [0.15, 0.2) is 5.82 Å². The van der Waals surface area contributed by atoms with E-state index in [0.29, 0.717) is 22.9 Å². The van der Waals surface area contributed by atoms with Crippen LogP contribution in [0.4, 0.5) is 13.2 Å². The molecule has 0 fully saturated rings. The predicted octanol–water partition coefficient (Wildman–Crippen LogP) is 1.52. The monoisotopic (exact) mass is 286 g/mol. The van der Waals surface area contributed by atoms with Crippen LogP contribution >= 0.6 is 0 Å². The summed E-state index contributed by atoms with van der Waals surface area (Å²) in [5.74, 6) is 1.00. The molecule has 0 spiro atoms. The number of fused-ring (bicyclic) bond motifs is 1. The maximum absolute atomic E-state index is 12.1. The van der Waals surface area contributed by atoms with Crippen molar-refractivity contribution in [2.75, 3.05) is 7.05 Å². The SMILES string of the molecule is CN=C(N)c1nc(CCCC(F)(F)F)[nH]c2nncc1-2. The number of aliphatic imine (C=N–C) groups is 1. The van der Waals surface area contributed by atoms with Crippen molar-refractivity contribution in [3.63, 3.8) is 0 Å². The highest BCUT2D eigenvalue weighted by Gasteiger charge is 2.26. The number of halogens is 3. The standard InChI is InChI=1S/C11H13F3N6/c1-16-9(15)8-6-5-17-20-10(6)19-7(18-8)3-2-4-11(12,13)14/h5H,2-4H2,1H3,(H2,15,16)(H,17,18,19,20). The van der Waals surface area contributed by atoms with Gasteiger partial charge in [0.1, 0.15) is 17.4 Å². The zero-order chi connectivity index (χ0) is 14.8. The second-order valence-corrected chi connectivity index (χ2v) is 4.22. The molecule has 0 aromatic heterocycles. The van der Waals surface area contributed by atoms with Crippen LogP contribution in [-0.4, -0.2) is 39.2 Å². The fraction of sp³-hybridized carbons (Fsp3) is 0.455. The van der Waals surface area contributed by atoms with Crippen molar-refractivity contribution in [1.29, 1.82) is 0 Å². The molecule has 0 bridgehead atoms. The molecule has 0 aliphatic carbocycles. The minimum Gasteiger partial charge on any atom is -0.382 e. The molecular formula is C11H13F3N6. The van der Waals surface area contributed by atoms with E-state index in [9.17, 15) is 13.2 Å². The Labute approximate surface area is 112 Å². The van der Waals surface area contributed by atoms with Crippen LogP contribution < -0.4 is 5.73 Å². The molecule has 3 N–H and O–H groups in total. The molecule has 0 amide bonds. The number of nitrogens with one attached hydrogen (secondary N) is 1. The van der Waals surface area contributed by atoms with E-state index in [2.05, 4.69) is 25.2 Å². The lowest BCUT2D eigenvalue weighted by atomic mass is 10.1. The zero-order valence-corrected chi connectivity index (χ0v) is 10.7. The number of aromatic nitrogens is 4. The van der Waals surface area contributed by atoms with Gasteiger partial charge >= 0.3 is 6.18 Å². The Bertz CT molecular complexity index is 588. The number of hydrogen-bond acceptors (Lipinski definition) is 4. The van der Waals surface area contributed by atoms with Gasteiger partial charge in [-0.25, -0.2) is 4.98 Å². The molecular weight excluding hydrogens is 273 g/mol. The molecule has 6 nitrogen and oxygen atoms in total. The Morgan fingerprint density at radius 3 is 2.85 bits per heavy atom. The maximum atomic E-state index is 12.1. The van der Waals surface area contributed by atoms with Crippen LogP contribution in [0.1, 0.15) is 24.4 Å². The number of hydrogen-bond donors (Lipinski definition) is 2. The van der Waals surface area contributed by atoms with Gasteiger partial charge in [0.05, 0.1) is 11.8 Å². The first-order valence-corrected chi connectivity index (χ1v) is 5.90. The van der Waals surface area contributed by atoms with Gasteiger partial charge in [-0.05, 0) is 6.42 Å². The topological polar surface area (TPSA) is 92.8 Å². The number of alkyl halides is 3. The van der Waals surface area contributed by atoms with E-state index >= 15 is 0 Å². The van der Waals surface area contributed by atoms with Crippen molar-refractivity contribution in [3.05, 3.63) is 17.7 Å². The molecule has 9 heteroatoms. The Balaban J connectivity index is 2.24. The molecule has 0 radical (unpaired) electrons. The summed E-state index contributed by atoms with van der Waals surface area (Å²) in [6.45, 7) is 0. The summed E-state index contributed by atoms with van der Waals surface area (Å²) in [5.41, 5.74) is 6.70. The third-order valence-electron chi connectivity index (χ3n) is 2.72. The lowest BCUT2D eigenvalue weighted by Gasteiger charge is -2.10. The van der Waals surface area contributed by atoms with Gasteiger partial charge in [-0.3, -0.25) is 4.99 Å². The molecule has 0 saturated carbocycles. The number of rotatable bonds is 4. The van der Waals surface area contributed by atoms with E-state index in [-0.39, 0.29) is 18.7 Å².